The first-order chi connectivity index (χ1) is 16.2. The molecule has 0 amide bonds. The topological polar surface area (TPSA) is 140 Å². The maximum atomic E-state index is 14.2. The van der Waals surface area contributed by atoms with Crippen LogP contribution in [0.25, 0.3) is 22.2 Å². The van der Waals surface area contributed by atoms with Crippen molar-refractivity contribution in [3.63, 3.8) is 0 Å². The number of hydrogen-bond acceptors (Lipinski definition) is 7. The highest BCUT2D eigenvalue weighted by molar-refractivity contribution is 5.84. The summed E-state index contributed by atoms with van der Waals surface area (Å²) in [6.45, 7) is 1.85. The SMILES string of the molecule is CC(Nc1nc(N)nc(-c2ccc(CC(N)C(=O)O)cc2)n1)c1ccc2cc(F)cc(F)c2c1. The van der Waals surface area contributed by atoms with E-state index in [2.05, 4.69) is 20.3 Å². The Bertz CT molecular complexity index is 1360. The fourth-order valence-electron chi connectivity index (χ4n) is 3.56. The summed E-state index contributed by atoms with van der Waals surface area (Å²) in [6, 6.07) is 12.9. The van der Waals surface area contributed by atoms with Crippen molar-refractivity contribution < 1.29 is 18.7 Å². The van der Waals surface area contributed by atoms with Gasteiger partial charge in [-0.15, -0.1) is 0 Å². The van der Waals surface area contributed by atoms with E-state index in [0.717, 1.165) is 17.2 Å². The molecule has 0 radical (unpaired) electrons. The summed E-state index contributed by atoms with van der Waals surface area (Å²) >= 11 is 0. The van der Waals surface area contributed by atoms with E-state index in [0.29, 0.717) is 22.2 Å². The van der Waals surface area contributed by atoms with Crippen LogP contribution in [0, 0.1) is 11.6 Å². The standard InChI is InChI=1S/C24H22F2N6O2/c1-12(15-6-7-16-9-17(25)11-19(26)18(16)10-15)29-24-31-21(30-23(28)32-24)14-4-2-13(3-5-14)8-20(27)22(33)34/h2-7,9-12,20H,8,27H2,1H3,(H,33,34)(H3,28,29,30,31,32). The molecule has 0 saturated carbocycles. The Hall–Kier alpha value is -4.18. The van der Waals surface area contributed by atoms with Gasteiger partial charge < -0.3 is 21.9 Å². The number of aromatic nitrogens is 3. The van der Waals surface area contributed by atoms with Gasteiger partial charge in [0.2, 0.25) is 11.9 Å². The lowest BCUT2D eigenvalue weighted by molar-refractivity contribution is -0.138. The first-order valence-electron chi connectivity index (χ1n) is 10.4. The molecule has 0 aliphatic carbocycles. The fraction of sp³-hybridized carbons (Fsp3) is 0.167. The van der Waals surface area contributed by atoms with E-state index in [1.807, 2.05) is 6.92 Å². The lowest BCUT2D eigenvalue weighted by Crippen LogP contribution is -2.32. The summed E-state index contributed by atoms with van der Waals surface area (Å²) in [6.07, 6.45) is 0.193. The quantitative estimate of drug-likeness (QED) is 0.325. The first kappa shape index (κ1) is 23.0. The third-order valence-electron chi connectivity index (χ3n) is 5.38. The van der Waals surface area contributed by atoms with Gasteiger partial charge in [-0.05, 0) is 42.0 Å². The minimum absolute atomic E-state index is 0.0108. The van der Waals surface area contributed by atoms with Crippen LogP contribution in [0.1, 0.15) is 24.1 Å². The van der Waals surface area contributed by atoms with Crippen LogP contribution in [0.15, 0.2) is 54.6 Å². The van der Waals surface area contributed by atoms with Crippen molar-refractivity contribution in [2.45, 2.75) is 25.4 Å². The molecule has 0 spiro atoms. The number of fused-ring (bicyclic) bond motifs is 1. The predicted molar refractivity (Wildman–Crippen MR) is 125 cm³/mol. The Labute approximate surface area is 193 Å². The third kappa shape index (κ3) is 5.07. The molecular formula is C24H22F2N6O2. The number of nitrogens with one attached hydrogen (secondary N) is 1. The summed E-state index contributed by atoms with van der Waals surface area (Å²) in [4.78, 5) is 23.7. The van der Waals surface area contributed by atoms with Crippen LogP contribution in [-0.4, -0.2) is 32.1 Å². The zero-order chi connectivity index (χ0) is 24.4. The number of hydrogen-bond donors (Lipinski definition) is 4. The smallest absolute Gasteiger partial charge is 0.320 e. The second-order valence-electron chi connectivity index (χ2n) is 7.92. The second kappa shape index (κ2) is 9.36. The molecule has 34 heavy (non-hydrogen) atoms. The zero-order valence-electron chi connectivity index (χ0n) is 18.2. The van der Waals surface area contributed by atoms with Crippen LogP contribution >= 0.6 is 0 Å². The van der Waals surface area contributed by atoms with E-state index >= 15 is 0 Å². The molecular weight excluding hydrogens is 442 g/mol. The van der Waals surface area contributed by atoms with E-state index in [-0.39, 0.29) is 24.4 Å². The number of carboxylic acids is 1. The third-order valence-corrected chi connectivity index (χ3v) is 5.38. The molecule has 3 aromatic carbocycles. The van der Waals surface area contributed by atoms with E-state index < -0.39 is 23.6 Å². The lowest BCUT2D eigenvalue weighted by atomic mass is 10.0. The Morgan fingerprint density at radius 2 is 1.79 bits per heavy atom. The molecule has 0 aliphatic heterocycles. The van der Waals surface area contributed by atoms with Crippen molar-refractivity contribution in [2.24, 2.45) is 5.73 Å². The number of rotatable bonds is 7. The van der Waals surface area contributed by atoms with Crippen LogP contribution in [0.3, 0.4) is 0 Å². The molecule has 0 fully saturated rings. The van der Waals surface area contributed by atoms with E-state index in [4.69, 9.17) is 16.6 Å². The number of nitrogen functional groups attached to an aromatic ring is 1. The average molecular weight is 464 g/mol. The van der Waals surface area contributed by atoms with Gasteiger partial charge in [0.15, 0.2) is 5.82 Å². The van der Waals surface area contributed by atoms with Gasteiger partial charge in [0.1, 0.15) is 17.7 Å². The molecule has 174 valence electrons. The molecule has 1 heterocycles. The van der Waals surface area contributed by atoms with Gasteiger partial charge >= 0.3 is 5.97 Å². The van der Waals surface area contributed by atoms with Crippen molar-refractivity contribution >= 4 is 28.6 Å². The number of anilines is 2. The highest BCUT2D eigenvalue weighted by Crippen LogP contribution is 2.26. The summed E-state index contributed by atoms with van der Waals surface area (Å²) in [5.41, 5.74) is 13.6. The van der Waals surface area contributed by atoms with Gasteiger partial charge in [0, 0.05) is 17.0 Å². The molecule has 2 unspecified atom stereocenters. The second-order valence-corrected chi connectivity index (χ2v) is 7.92. The number of carboxylic acid groups (broad SMARTS) is 1. The summed E-state index contributed by atoms with van der Waals surface area (Å²) in [5.74, 6) is -1.77. The van der Waals surface area contributed by atoms with Crippen molar-refractivity contribution in [2.75, 3.05) is 11.1 Å². The van der Waals surface area contributed by atoms with Crippen molar-refractivity contribution in [1.82, 2.24) is 15.0 Å². The van der Waals surface area contributed by atoms with E-state index in [1.165, 1.54) is 6.07 Å². The highest BCUT2D eigenvalue weighted by atomic mass is 19.1. The molecule has 0 aliphatic rings. The van der Waals surface area contributed by atoms with Crippen LogP contribution in [-0.2, 0) is 11.2 Å². The Morgan fingerprint density at radius 1 is 1.06 bits per heavy atom. The van der Waals surface area contributed by atoms with Gasteiger partial charge in [0.05, 0.1) is 6.04 Å². The highest BCUT2D eigenvalue weighted by Gasteiger charge is 2.15. The average Bonchev–Trinajstić information content (AvgIpc) is 2.78. The van der Waals surface area contributed by atoms with Gasteiger partial charge in [0.25, 0.3) is 0 Å². The fourth-order valence-corrected chi connectivity index (χ4v) is 3.56. The molecule has 4 rings (SSSR count). The number of nitrogens with zero attached hydrogens (tertiary/aromatic N) is 3. The van der Waals surface area contributed by atoms with Gasteiger partial charge in [-0.3, -0.25) is 4.79 Å². The minimum Gasteiger partial charge on any atom is -0.480 e. The maximum absolute atomic E-state index is 14.2. The molecule has 6 N–H and O–H groups in total. The molecule has 10 heteroatoms. The van der Waals surface area contributed by atoms with Gasteiger partial charge in [-0.25, -0.2) is 8.78 Å². The lowest BCUT2D eigenvalue weighted by Gasteiger charge is -2.16. The van der Waals surface area contributed by atoms with Crippen molar-refractivity contribution in [3.8, 4) is 11.4 Å². The molecule has 4 aromatic rings. The zero-order valence-corrected chi connectivity index (χ0v) is 18.2. The van der Waals surface area contributed by atoms with E-state index in [1.54, 1.807) is 42.5 Å². The largest absolute Gasteiger partial charge is 0.480 e. The van der Waals surface area contributed by atoms with Gasteiger partial charge in [-0.1, -0.05) is 36.4 Å². The number of carbonyl (C=O) groups is 1. The summed E-state index contributed by atoms with van der Waals surface area (Å²) in [5, 5.41) is 12.9. The number of halogens is 2. The number of nitrogens with two attached hydrogens (primary N) is 2. The molecule has 1 aromatic heterocycles. The molecule has 2 atom stereocenters. The maximum Gasteiger partial charge on any atom is 0.320 e. The van der Waals surface area contributed by atoms with Crippen molar-refractivity contribution in [1.29, 1.82) is 0 Å². The minimum atomic E-state index is -1.07. The van der Waals surface area contributed by atoms with Crippen LogP contribution < -0.4 is 16.8 Å². The predicted octanol–water partition coefficient (Wildman–Crippen LogP) is 3.68. The molecule has 0 bridgehead atoms. The Morgan fingerprint density at radius 3 is 2.50 bits per heavy atom. The number of aliphatic carboxylic acids is 1. The first-order valence-corrected chi connectivity index (χ1v) is 10.4. The molecule has 8 nitrogen and oxygen atoms in total. The summed E-state index contributed by atoms with van der Waals surface area (Å²) in [7, 11) is 0. The van der Waals surface area contributed by atoms with Gasteiger partial charge in [-0.2, -0.15) is 15.0 Å². The molecule has 0 saturated heterocycles. The monoisotopic (exact) mass is 464 g/mol. The number of benzene rings is 3. The van der Waals surface area contributed by atoms with Crippen molar-refractivity contribution in [3.05, 3.63) is 77.4 Å². The van der Waals surface area contributed by atoms with Crippen LogP contribution in [0.4, 0.5) is 20.7 Å². The van der Waals surface area contributed by atoms with E-state index in [9.17, 15) is 13.6 Å². The summed E-state index contributed by atoms with van der Waals surface area (Å²) < 4.78 is 27.7. The van der Waals surface area contributed by atoms with Crippen LogP contribution in [0.5, 0.6) is 0 Å². The van der Waals surface area contributed by atoms with Crippen LogP contribution in [0.2, 0.25) is 0 Å². The Balaban J connectivity index is 1.55. The Kier molecular flexibility index (Phi) is 6.33. The normalized spacial score (nSPS) is 12.9.